The van der Waals surface area contributed by atoms with Crippen LogP contribution in [0.4, 0.5) is 0 Å². The minimum Gasteiger partial charge on any atom is -0.545 e. The van der Waals surface area contributed by atoms with Crippen LogP contribution in [0.25, 0.3) is 5.57 Å². The average Bonchev–Trinajstić information content (AvgIpc) is 2.95. The molecule has 5 nitrogen and oxygen atoms in total. The molecule has 0 aliphatic heterocycles. The van der Waals surface area contributed by atoms with Crippen LogP contribution in [0.5, 0.6) is 5.75 Å². The zero-order valence-electron chi connectivity index (χ0n) is 13.5. The van der Waals surface area contributed by atoms with Gasteiger partial charge < -0.3 is 14.6 Å². The Morgan fingerprint density at radius 1 is 1.20 bits per heavy atom. The van der Waals surface area contributed by atoms with Gasteiger partial charge in [0.05, 0.1) is 23.7 Å². The first kappa shape index (κ1) is 17.2. The van der Waals surface area contributed by atoms with Gasteiger partial charge in [-0.05, 0) is 34.1 Å². The summed E-state index contributed by atoms with van der Waals surface area (Å²) in [5, 5.41) is 22.6. The summed E-state index contributed by atoms with van der Waals surface area (Å²) in [6.45, 7) is 0.482. The molecule has 0 amide bonds. The lowest BCUT2D eigenvalue weighted by atomic mass is 9.97. The lowest BCUT2D eigenvalue weighted by molar-refractivity contribution is -0.753. The maximum absolute atomic E-state index is 11.9. The molecule has 0 atom stereocenters. The van der Waals surface area contributed by atoms with Gasteiger partial charge in [0.2, 0.25) is 0 Å². The number of carbonyl (C=O) groups excluding carboxylic acids is 1. The third kappa shape index (κ3) is 3.17. The van der Waals surface area contributed by atoms with E-state index in [2.05, 4.69) is 15.9 Å². The van der Waals surface area contributed by atoms with Crippen LogP contribution in [-0.4, -0.2) is 40.6 Å². The minimum absolute atomic E-state index is 0.0381. The van der Waals surface area contributed by atoms with Crippen LogP contribution in [0, 0.1) is 0 Å². The fourth-order valence-corrected chi connectivity index (χ4v) is 3.17. The number of benzene rings is 2. The van der Waals surface area contributed by atoms with Crippen molar-refractivity contribution < 1.29 is 24.6 Å². The lowest BCUT2D eigenvalue weighted by Crippen LogP contribution is -2.31. The van der Waals surface area contributed by atoms with Crippen molar-refractivity contribution in [2.24, 2.45) is 0 Å². The number of carbonyl (C=O) groups is 1. The second-order valence-electron chi connectivity index (χ2n) is 5.52. The van der Waals surface area contributed by atoms with Gasteiger partial charge in [0.25, 0.3) is 5.71 Å². The molecule has 0 radical (unpaired) electrons. The number of rotatable bonds is 5. The molecule has 2 aromatic rings. The number of fused-ring (bicyclic) bond motifs is 1. The second kappa shape index (κ2) is 7.11. The van der Waals surface area contributed by atoms with Gasteiger partial charge in [0.15, 0.2) is 7.05 Å². The molecule has 0 saturated heterocycles. The van der Waals surface area contributed by atoms with E-state index in [9.17, 15) is 15.1 Å². The Bertz CT molecular complexity index is 884. The molecule has 25 heavy (non-hydrogen) atoms. The largest absolute Gasteiger partial charge is 0.545 e. The highest BCUT2D eigenvalue weighted by Gasteiger charge is 2.36. The van der Waals surface area contributed by atoms with Gasteiger partial charge in [-0.25, -0.2) is 0 Å². The van der Waals surface area contributed by atoms with Crippen LogP contribution >= 0.6 is 15.9 Å². The Morgan fingerprint density at radius 2 is 1.92 bits per heavy atom. The van der Waals surface area contributed by atoms with Crippen molar-refractivity contribution in [1.82, 2.24) is 0 Å². The first-order valence-corrected chi connectivity index (χ1v) is 8.81. The number of alkyl halides is 1. The molecule has 0 unspecified atom stereocenters. The molecule has 2 aromatic carbocycles. The van der Waals surface area contributed by atoms with Gasteiger partial charge in [-0.15, -0.1) is 0 Å². The Labute approximate surface area is 153 Å². The monoisotopic (exact) mass is 401 g/mol. The Kier molecular flexibility index (Phi) is 4.90. The molecule has 1 aliphatic carbocycles. The smallest absolute Gasteiger partial charge is 0.267 e. The van der Waals surface area contributed by atoms with Gasteiger partial charge >= 0.3 is 0 Å². The van der Waals surface area contributed by atoms with E-state index in [1.165, 1.54) is 7.05 Å². The zero-order valence-corrected chi connectivity index (χ0v) is 15.1. The number of carboxylic acids is 1. The van der Waals surface area contributed by atoms with E-state index in [1.807, 2.05) is 30.3 Å². The van der Waals surface area contributed by atoms with Crippen molar-refractivity contribution in [2.75, 3.05) is 19.0 Å². The molecule has 0 saturated carbocycles. The number of nitrogens with zero attached hydrogens (tertiary/aromatic N) is 1. The molecule has 3 rings (SSSR count). The predicted octanol–water partition coefficient (Wildman–Crippen LogP) is 1.85. The molecule has 0 heterocycles. The van der Waals surface area contributed by atoms with Gasteiger partial charge in [-0.3, -0.25) is 5.21 Å². The van der Waals surface area contributed by atoms with Crippen LogP contribution in [0.3, 0.4) is 0 Å². The SMILES string of the molecule is C/[N+](O)=C1\C(C(=O)[O-])=C(c2ccccc2)c2ccc(OCCBr)cc21. The summed E-state index contributed by atoms with van der Waals surface area (Å²) < 4.78 is 6.42. The molecule has 128 valence electrons. The molecule has 0 spiro atoms. The quantitative estimate of drug-likeness (QED) is 0.359. The lowest BCUT2D eigenvalue weighted by Gasteiger charge is -2.09. The topological polar surface area (TPSA) is 72.6 Å². The summed E-state index contributed by atoms with van der Waals surface area (Å²) in [5.74, 6) is -0.738. The first-order valence-electron chi connectivity index (χ1n) is 7.69. The van der Waals surface area contributed by atoms with Crippen molar-refractivity contribution >= 4 is 33.2 Å². The third-order valence-electron chi connectivity index (χ3n) is 3.94. The second-order valence-corrected chi connectivity index (χ2v) is 6.31. The summed E-state index contributed by atoms with van der Waals surface area (Å²) in [7, 11) is 1.39. The number of carboxylic acid groups (broad SMARTS) is 1. The van der Waals surface area contributed by atoms with Gasteiger partial charge in [0.1, 0.15) is 5.75 Å². The van der Waals surface area contributed by atoms with Gasteiger partial charge in [0, 0.05) is 10.9 Å². The van der Waals surface area contributed by atoms with Crippen molar-refractivity contribution in [1.29, 1.82) is 0 Å². The van der Waals surface area contributed by atoms with Crippen molar-refractivity contribution in [3.8, 4) is 5.75 Å². The summed E-state index contributed by atoms with van der Waals surface area (Å²) in [6.07, 6.45) is 0. The van der Waals surface area contributed by atoms with Gasteiger partial charge in [-0.2, -0.15) is 0 Å². The summed E-state index contributed by atoms with van der Waals surface area (Å²) in [6, 6.07) is 14.5. The van der Waals surface area contributed by atoms with Gasteiger partial charge in [-0.1, -0.05) is 46.3 Å². The van der Waals surface area contributed by atoms with Crippen LogP contribution in [0.2, 0.25) is 0 Å². The van der Waals surface area contributed by atoms with Crippen LogP contribution in [-0.2, 0) is 4.79 Å². The van der Waals surface area contributed by atoms with Crippen molar-refractivity contribution in [2.45, 2.75) is 0 Å². The molecular weight excluding hydrogens is 386 g/mol. The number of hydrogen-bond donors (Lipinski definition) is 1. The highest BCUT2D eigenvalue weighted by molar-refractivity contribution is 9.09. The summed E-state index contributed by atoms with van der Waals surface area (Å²) in [4.78, 5) is 11.9. The maximum Gasteiger partial charge on any atom is 0.267 e. The standard InChI is InChI=1S/C19H16BrNO4/c1-21(24)18-15-11-13(25-10-9-20)7-8-14(15)16(17(18)19(22)23)12-5-3-2-4-6-12/h2-8,11H,9-10H2,1H3,(H-,22,23,24)/b21-18+. The number of aliphatic carboxylic acids is 1. The number of ether oxygens (including phenoxy) is 1. The Morgan fingerprint density at radius 3 is 2.52 bits per heavy atom. The minimum atomic E-state index is -1.34. The zero-order chi connectivity index (χ0) is 18.0. The first-order chi connectivity index (χ1) is 12.0. The van der Waals surface area contributed by atoms with Crippen LogP contribution < -0.4 is 9.84 Å². The van der Waals surface area contributed by atoms with Crippen molar-refractivity contribution in [3.63, 3.8) is 0 Å². The third-order valence-corrected chi connectivity index (χ3v) is 4.26. The Hall–Kier alpha value is -2.60. The molecule has 1 aliphatic rings. The molecule has 0 bridgehead atoms. The van der Waals surface area contributed by atoms with E-state index < -0.39 is 5.97 Å². The summed E-state index contributed by atoms with van der Waals surface area (Å²) >= 11 is 3.30. The highest BCUT2D eigenvalue weighted by atomic mass is 79.9. The molecular formula is C19H16BrNO4. The maximum atomic E-state index is 11.9. The van der Waals surface area contributed by atoms with E-state index in [1.54, 1.807) is 18.2 Å². The average molecular weight is 402 g/mol. The normalized spacial score (nSPS) is 15.1. The fourth-order valence-electron chi connectivity index (χ4n) is 3.01. The molecule has 0 fully saturated rings. The molecule has 1 N–H and O–H groups in total. The van der Waals surface area contributed by atoms with Crippen LogP contribution in [0.1, 0.15) is 16.7 Å². The van der Waals surface area contributed by atoms with Crippen molar-refractivity contribution in [3.05, 3.63) is 70.8 Å². The van der Waals surface area contributed by atoms with E-state index in [-0.39, 0.29) is 11.3 Å². The van der Waals surface area contributed by atoms with E-state index >= 15 is 0 Å². The summed E-state index contributed by atoms with van der Waals surface area (Å²) in [5.41, 5.74) is 2.73. The number of hydroxylamine groups is 1. The number of halogens is 1. The fraction of sp³-hybridized carbons (Fsp3) is 0.158. The molecule has 6 heteroatoms. The Balaban J connectivity index is 2.25. The van der Waals surface area contributed by atoms with E-state index in [4.69, 9.17) is 4.74 Å². The highest BCUT2D eigenvalue weighted by Crippen LogP contribution is 2.39. The molecule has 0 aromatic heterocycles. The van der Waals surface area contributed by atoms with E-state index in [0.29, 0.717) is 34.4 Å². The van der Waals surface area contributed by atoms with E-state index in [0.717, 1.165) is 10.3 Å². The van der Waals surface area contributed by atoms with Crippen LogP contribution in [0.15, 0.2) is 54.1 Å². The predicted molar refractivity (Wildman–Crippen MR) is 95.3 cm³/mol. The number of hydrogen-bond acceptors (Lipinski definition) is 4.